The number of nitrogens with zero attached hydrogens (tertiary/aromatic N) is 1. The molecule has 0 aromatic carbocycles. The Labute approximate surface area is 130 Å². The molecule has 3 atom stereocenters. The summed E-state index contributed by atoms with van der Waals surface area (Å²) in [4.78, 5) is 2.54. The fourth-order valence-electron chi connectivity index (χ4n) is 3.32. The van der Waals surface area contributed by atoms with Gasteiger partial charge in [-0.05, 0) is 59.9 Å². The minimum Gasteiger partial charge on any atom is -0.377 e. The molecule has 2 heterocycles. The highest BCUT2D eigenvalue weighted by molar-refractivity contribution is 4.82. The van der Waals surface area contributed by atoms with Gasteiger partial charge in [-0.25, -0.2) is 0 Å². The van der Waals surface area contributed by atoms with Gasteiger partial charge in [0.25, 0.3) is 0 Å². The lowest BCUT2D eigenvalue weighted by molar-refractivity contribution is -0.0219. The molecule has 0 aromatic rings. The van der Waals surface area contributed by atoms with Gasteiger partial charge < -0.3 is 14.8 Å². The number of piperidine rings is 1. The van der Waals surface area contributed by atoms with Crippen LogP contribution in [0.1, 0.15) is 53.4 Å². The van der Waals surface area contributed by atoms with E-state index in [-0.39, 0.29) is 5.54 Å². The highest BCUT2D eigenvalue weighted by Gasteiger charge is 2.29. The predicted molar refractivity (Wildman–Crippen MR) is 86.7 cm³/mol. The van der Waals surface area contributed by atoms with Crippen molar-refractivity contribution in [3.63, 3.8) is 0 Å². The lowest BCUT2D eigenvalue weighted by atomic mass is 10.1. The second-order valence-electron chi connectivity index (χ2n) is 7.57. The average molecular weight is 298 g/mol. The summed E-state index contributed by atoms with van der Waals surface area (Å²) in [6.07, 6.45) is 6.10. The molecular formula is C17H34N2O2. The van der Waals surface area contributed by atoms with Crippen LogP contribution in [0.3, 0.4) is 0 Å². The molecule has 124 valence electrons. The van der Waals surface area contributed by atoms with E-state index in [1.54, 1.807) is 0 Å². The highest BCUT2D eigenvalue weighted by Crippen LogP contribution is 2.22. The summed E-state index contributed by atoms with van der Waals surface area (Å²) in [6, 6.07) is 0. The molecule has 0 radical (unpaired) electrons. The highest BCUT2D eigenvalue weighted by atomic mass is 16.5. The van der Waals surface area contributed by atoms with E-state index in [0.717, 1.165) is 26.2 Å². The van der Waals surface area contributed by atoms with Gasteiger partial charge in [-0.2, -0.15) is 0 Å². The van der Waals surface area contributed by atoms with Crippen molar-refractivity contribution in [1.82, 2.24) is 10.2 Å². The van der Waals surface area contributed by atoms with Gasteiger partial charge in [0.05, 0.1) is 18.3 Å². The molecule has 0 aromatic heterocycles. The third-order valence-corrected chi connectivity index (χ3v) is 4.38. The third-order valence-electron chi connectivity index (χ3n) is 4.38. The van der Waals surface area contributed by atoms with Crippen LogP contribution in [0.4, 0.5) is 0 Å². The van der Waals surface area contributed by atoms with Gasteiger partial charge in [-0.15, -0.1) is 0 Å². The number of likely N-dealkylation sites (tertiary alicyclic amines) is 1. The van der Waals surface area contributed by atoms with Crippen LogP contribution < -0.4 is 5.32 Å². The summed E-state index contributed by atoms with van der Waals surface area (Å²) in [6.45, 7) is 13.9. The summed E-state index contributed by atoms with van der Waals surface area (Å²) in [5.41, 5.74) is 0.180. The van der Waals surface area contributed by atoms with E-state index >= 15 is 0 Å². The normalized spacial score (nSPS) is 31.7. The molecule has 0 bridgehead atoms. The van der Waals surface area contributed by atoms with Crippen LogP contribution in [0.5, 0.6) is 0 Å². The molecule has 4 heteroatoms. The Morgan fingerprint density at radius 1 is 1.19 bits per heavy atom. The van der Waals surface area contributed by atoms with Crippen molar-refractivity contribution in [2.45, 2.75) is 77.2 Å². The monoisotopic (exact) mass is 298 g/mol. The molecule has 2 fully saturated rings. The maximum Gasteiger partial charge on any atom is 0.0707 e. The van der Waals surface area contributed by atoms with Crippen molar-refractivity contribution in [3.05, 3.63) is 0 Å². The van der Waals surface area contributed by atoms with Gasteiger partial charge in [-0.1, -0.05) is 0 Å². The Morgan fingerprint density at radius 3 is 2.67 bits per heavy atom. The SMILES string of the molecule is CCOC1CCCN(CC2CCC(CNC(C)(C)C)O2)C1. The van der Waals surface area contributed by atoms with Gasteiger partial charge >= 0.3 is 0 Å². The van der Waals surface area contributed by atoms with E-state index in [1.807, 2.05) is 0 Å². The first-order valence-corrected chi connectivity index (χ1v) is 8.70. The molecular weight excluding hydrogens is 264 g/mol. The molecule has 1 N–H and O–H groups in total. The van der Waals surface area contributed by atoms with Gasteiger partial charge in [0.2, 0.25) is 0 Å². The fourth-order valence-corrected chi connectivity index (χ4v) is 3.32. The second-order valence-corrected chi connectivity index (χ2v) is 7.57. The zero-order valence-electron chi connectivity index (χ0n) is 14.4. The fraction of sp³-hybridized carbons (Fsp3) is 1.00. The lowest BCUT2D eigenvalue weighted by Gasteiger charge is -2.34. The van der Waals surface area contributed by atoms with Crippen LogP contribution in [0.15, 0.2) is 0 Å². The minimum atomic E-state index is 0.180. The van der Waals surface area contributed by atoms with Crippen molar-refractivity contribution in [2.75, 3.05) is 32.8 Å². The molecule has 0 spiro atoms. The Kier molecular flexibility index (Phi) is 6.48. The number of nitrogens with one attached hydrogen (secondary N) is 1. The standard InChI is InChI=1S/C17H34N2O2/c1-5-20-15-7-6-10-19(12-15)13-16-9-8-14(21-16)11-18-17(2,3)4/h14-16,18H,5-13H2,1-4H3. The number of rotatable bonds is 6. The zero-order chi connectivity index (χ0) is 15.3. The van der Waals surface area contributed by atoms with Gasteiger partial charge in [0.15, 0.2) is 0 Å². The van der Waals surface area contributed by atoms with Crippen molar-refractivity contribution in [1.29, 1.82) is 0 Å². The smallest absolute Gasteiger partial charge is 0.0707 e. The largest absolute Gasteiger partial charge is 0.377 e. The van der Waals surface area contributed by atoms with Crippen LogP contribution in [0, 0.1) is 0 Å². The Bertz CT molecular complexity index is 302. The van der Waals surface area contributed by atoms with E-state index < -0.39 is 0 Å². The van der Waals surface area contributed by atoms with Crippen LogP contribution >= 0.6 is 0 Å². The van der Waals surface area contributed by atoms with Crippen molar-refractivity contribution < 1.29 is 9.47 Å². The first-order chi connectivity index (χ1) is 9.96. The van der Waals surface area contributed by atoms with E-state index in [4.69, 9.17) is 9.47 Å². The molecule has 2 rings (SSSR count). The molecule has 0 amide bonds. The van der Waals surface area contributed by atoms with Crippen molar-refractivity contribution in [2.24, 2.45) is 0 Å². The molecule has 21 heavy (non-hydrogen) atoms. The van der Waals surface area contributed by atoms with E-state index in [2.05, 4.69) is 37.9 Å². The quantitative estimate of drug-likeness (QED) is 0.816. The molecule has 3 unspecified atom stereocenters. The van der Waals surface area contributed by atoms with Crippen LogP contribution in [0.25, 0.3) is 0 Å². The summed E-state index contributed by atoms with van der Waals surface area (Å²) in [7, 11) is 0. The molecule has 0 aliphatic carbocycles. The number of hydrogen-bond acceptors (Lipinski definition) is 4. The number of ether oxygens (including phenoxy) is 2. The third kappa shape index (κ3) is 6.23. The first-order valence-electron chi connectivity index (χ1n) is 8.70. The van der Waals surface area contributed by atoms with Crippen LogP contribution in [-0.2, 0) is 9.47 Å². The van der Waals surface area contributed by atoms with Crippen LogP contribution in [0.2, 0.25) is 0 Å². The summed E-state index contributed by atoms with van der Waals surface area (Å²) in [5, 5.41) is 3.55. The molecule has 2 aliphatic heterocycles. The first kappa shape index (κ1) is 17.2. The summed E-state index contributed by atoms with van der Waals surface area (Å²) in [5.74, 6) is 0. The second kappa shape index (κ2) is 7.91. The van der Waals surface area contributed by atoms with Gasteiger partial charge in [-0.3, -0.25) is 4.90 Å². The molecule has 4 nitrogen and oxygen atoms in total. The van der Waals surface area contributed by atoms with E-state index in [1.165, 1.54) is 32.2 Å². The summed E-state index contributed by atoms with van der Waals surface area (Å²) < 4.78 is 12.0. The lowest BCUT2D eigenvalue weighted by Crippen LogP contribution is -2.44. The molecule has 2 saturated heterocycles. The Morgan fingerprint density at radius 2 is 1.95 bits per heavy atom. The number of hydrogen-bond donors (Lipinski definition) is 1. The zero-order valence-corrected chi connectivity index (χ0v) is 14.4. The van der Waals surface area contributed by atoms with E-state index in [9.17, 15) is 0 Å². The maximum atomic E-state index is 6.21. The van der Waals surface area contributed by atoms with E-state index in [0.29, 0.717) is 18.3 Å². The predicted octanol–water partition coefficient (Wildman–Crippen LogP) is 2.42. The van der Waals surface area contributed by atoms with Gasteiger partial charge in [0, 0.05) is 31.8 Å². The summed E-state index contributed by atoms with van der Waals surface area (Å²) >= 11 is 0. The topological polar surface area (TPSA) is 33.7 Å². The molecule has 2 aliphatic rings. The van der Waals surface area contributed by atoms with Crippen molar-refractivity contribution in [3.8, 4) is 0 Å². The van der Waals surface area contributed by atoms with Crippen molar-refractivity contribution >= 4 is 0 Å². The molecule has 0 saturated carbocycles. The van der Waals surface area contributed by atoms with Crippen LogP contribution in [-0.4, -0.2) is 61.5 Å². The Balaban J connectivity index is 1.67. The maximum absolute atomic E-state index is 6.21. The minimum absolute atomic E-state index is 0.180. The Hall–Kier alpha value is -0.160. The average Bonchev–Trinajstić information content (AvgIpc) is 2.84. The van der Waals surface area contributed by atoms with Gasteiger partial charge in [0.1, 0.15) is 0 Å².